The number of halogens is 3. The Morgan fingerprint density at radius 3 is 2.35 bits per heavy atom. The standard InChI is InChI=1S/C16H15F3N2O2/c17-16(18,19)12-9-14(11-1-3-13(22)4-2-11)15(20-10-12)21-5-7-23-8-6-21/h1-4,9-10,22H,5-8H2. The van der Waals surface area contributed by atoms with Crippen LogP contribution >= 0.6 is 0 Å². The summed E-state index contributed by atoms with van der Waals surface area (Å²) in [7, 11) is 0. The molecule has 4 nitrogen and oxygen atoms in total. The summed E-state index contributed by atoms with van der Waals surface area (Å²) in [6.45, 7) is 2.17. The maximum atomic E-state index is 13.0. The lowest BCUT2D eigenvalue weighted by atomic mass is 10.0. The lowest BCUT2D eigenvalue weighted by Gasteiger charge is -2.30. The van der Waals surface area contributed by atoms with Crippen molar-refractivity contribution in [2.24, 2.45) is 0 Å². The van der Waals surface area contributed by atoms with Gasteiger partial charge >= 0.3 is 6.18 Å². The molecule has 1 saturated heterocycles. The fraction of sp³-hybridized carbons (Fsp3) is 0.312. The van der Waals surface area contributed by atoms with Gasteiger partial charge in [-0.25, -0.2) is 4.98 Å². The van der Waals surface area contributed by atoms with Crippen molar-refractivity contribution in [2.75, 3.05) is 31.2 Å². The van der Waals surface area contributed by atoms with E-state index in [0.717, 1.165) is 12.3 Å². The van der Waals surface area contributed by atoms with Crippen molar-refractivity contribution in [2.45, 2.75) is 6.18 Å². The Labute approximate surface area is 131 Å². The van der Waals surface area contributed by atoms with E-state index in [2.05, 4.69) is 4.98 Å². The van der Waals surface area contributed by atoms with Gasteiger partial charge in [-0.15, -0.1) is 0 Å². The summed E-state index contributed by atoms with van der Waals surface area (Å²) in [5.74, 6) is 0.550. The minimum absolute atomic E-state index is 0.0570. The fourth-order valence-electron chi connectivity index (χ4n) is 2.49. The molecule has 0 radical (unpaired) electrons. The van der Waals surface area contributed by atoms with Gasteiger partial charge in [-0.1, -0.05) is 12.1 Å². The Morgan fingerprint density at radius 1 is 1.09 bits per heavy atom. The summed E-state index contributed by atoms with van der Waals surface area (Å²) >= 11 is 0. The number of hydrogen-bond acceptors (Lipinski definition) is 4. The van der Waals surface area contributed by atoms with Gasteiger partial charge in [-0.3, -0.25) is 0 Å². The van der Waals surface area contributed by atoms with Gasteiger partial charge in [0.15, 0.2) is 0 Å². The number of benzene rings is 1. The molecular formula is C16H15F3N2O2. The first-order chi connectivity index (χ1) is 10.9. The van der Waals surface area contributed by atoms with Crippen LogP contribution in [0.5, 0.6) is 5.75 Å². The van der Waals surface area contributed by atoms with E-state index in [-0.39, 0.29) is 5.75 Å². The minimum atomic E-state index is -4.46. The fourth-order valence-corrected chi connectivity index (χ4v) is 2.49. The summed E-state index contributed by atoms with van der Waals surface area (Å²) < 4.78 is 44.3. The van der Waals surface area contributed by atoms with Gasteiger partial charge in [0.1, 0.15) is 11.6 Å². The summed E-state index contributed by atoms with van der Waals surface area (Å²) in [5.41, 5.74) is 0.169. The molecule has 23 heavy (non-hydrogen) atoms. The molecule has 0 unspecified atom stereocenters. The largest absolute Gasteiger partial charge is 0.508 e. The zero-order valence-corrected chi connectivity index (χ0v) is 12.2. The Bertz CT molecular complexity index is 681. The first kappa shape index (κ1) is 15.6. The van der Waals surface area contributed by atoms with Crippen molar-refractivity contribution in [1.82, 2.24) is 4.98 Å². The minimum Gasteiger partial charge on any atom is -0.508 e. The highest BCUT2D eigenvalue weighted by Crippen LogP contribution is 2.36. The molecule has 0 atom stereocenters. The van der Waals surface area contributed by atoms with Crippen molar-refractivity contribution in [3.8, 4) is 16.9 Å². The van der Waals surface area contributed by atoms with Gasteiger partial charge in [0, 0.05) is 24.8 Å². The SMILES string of the molecule is Oc1ccc(-c2cc(C(F)(F)F)cnc2N2CCOCC2)cc1. The molecule has 1 aliphatic heterocycles. The number of phenols is 1. The third-order valence-electron chi connectivity index (χ3n) is 3.68. The Morgan fingerprint density at radius 2 is 1.74 bits per heavy atom. The Balaban J connectivity index is 2.09. The summed E-state index contributed by atoms with van der Waals surface area (Å²) in [6, 6.07) is 7.15. The molecule has 1 N–H and O–H groups in total. The second-order valence-electron chi connectivity index (χ2n) is 5.24. The normalized spacial score (nSPS) is 15.7. The van der Waals surface area contributed by atoms with Crippen LogP contribution in [0.2, 0.25) is 0 Å². The average molecular weight is 324 g/mol. The van der Waals surface area contributed by atoms with E-state index >= 15 is 0 Å². The Kier molecular flexibility index (Phi) is 4.12. The monoisotopic (exact) mass is 324 g/mol. The number of pyridine rings is 1. The van der Waals surface area contributed by atoms with Gasteiger partial charge in [0.05, 0.1) is 18.8 Å². The highest BCUT2D eigenvalue weighted by molar-refractivity contribution is 5.77. The zero-order valence-electron chi connectivity index (χ0n) is 12.2. The molecule has 3 rings (SSSR count). The van der Waals surface area contributed by atoms with E-state index < -0.39 is 11.7 Å². The number of phenolic OH excluding ortho intramolecular Hbond substituents is 1. The molecular weight excluding hydrogens is 309 g/mol. The number of nitrogens with zero attached hydrogens (tertiary/aromatic N) is 2. The molecule has 1 aromatic carbocycles. The van der Waals surface area contributed by atoms with E-state index in [1.54, 1.807) is 12.1 Å². The third kappa shape index (κ3) is 3.39. The lowest BCUT2D eigenvalue weighted by molar-refractivity contribution is -0.137. The molecule has 2 aromatic rings. The van der Waals surface area contributed by atoms with Crippen LogP contribution in [0.4, 0.5) is 19.0 Å². The van der Waals surface area contributed by atoms with Crippen LogP contribution < -0.4 is 4.90 Å². The van der Waals surface area contributed by atoms with Crippen molar-refractivity contribution in [1.29, 1.82) is 0 Å². The van der Waals surface area contributed by atoms with Gasteiger partial charge in [-0.05, 0) is 23.8 Å². The molecule has 1 aromatic heterocycles. The predicted octanol–water partition coefficient (Wildman–Crippen LogP) is 3.31. The van der Waals surface area contributed by atoms with Crippen LogP contribution in [-0.4, -0.2) is 36.4 Å². The smallest absolute Gasteiger partial charge is 0.417 e. The maximum absolute atomic E-state index is 13.0. The molecule has 0 bridgehead atoms. The number of morpholine rings is 1. The second-order valence-corrected chi connectivity index (χ2v) is 5.24. The number of anilines is 1. The lowest BCUT2D eigenvalue weighted by Crippen LogP contribution is -2.37. The summed E-state index contributed by atoms with van der Waals surface area (Å²) in [4.78, 5) is 5.96. The molecule has 1 fully saturated rings. The van der Waals surface area contributed by atoms with Crippen LogP contribution in [-0.2, 0) is 10.9 Å². The number of aromatic hydroxyl groups is 1. The predicted molar refractivity (Wildman–Crippen MR) is 79.4 cm³/mol. The van der Waals surface area contributed by atoms with Gasteiger partial charge in [-0.2, -0.15) is 13.2 Å². The highest BCUT2D eigenvalue weighted by Gasteiger charge is 2.32. The number of hydrogen-bond donors (Lipinski definition) is 1. The molecule has 0 aliphatic carbocycles. The van der Waals surface area contributed by atoms with Crippen molar-refractivity contribution in [3.05, 3.63) is 42.1 Å². The van der Waals surface area contributed by atoms with Crippen LogP contribution in [0.3, 0.4) is 0 Å². The first-order valence-electron chi connectivity index (χ1n) is 7.14. The molecule has 1 aliphatic rings. The van der Waals surface area contributed by atoms with E-state index in [9.17, 15) is 18.3 Å². The van der Waals surface area contributed by atoms with Crippen LogP contribution in [0, 0.1) is 0 Å². The van der Waals surface area contributed by atoms with Crippen molar-refractivity contribution in [3.63, 3.8) is 0 Å². The third-order valence-corrected chi connectivity index (χ3v) is 3.68. The Hall–Kier alpha value is -2.28. The first-order valence-corrected chi connectivity index (χ1v) is 7.14. The quantitative estimate of drug-likeness (QED) is 0.920. The number of alkyl halides is 3. The highest BCUT2D eigenvalue weighted by atomic mass is 19.4. The average Bonchev–Trinajstić information content (AvgIpc) is 2.55. The van der Waals surface area contributed by atoms with E-state index in [1.165, 1.54) is 12.1 Å². The second kappa shape index (κ2) is 6.08. The summed E-state index contributed by atoms with van der Waals surface area (Å²) in [5, 5.41) is 9.38. The van der Waals surface area contributed by atoms with Crippen molar-refractivity contribution >= 4 is 5.82 Å². The molecule has 2 heterocycles. The van der Waals surface area contributed by atoms with Crippen molar-refractivity contribution < 1.29 is 23.0 Å². The number of aromatic nitrogens is 1. The molecule has 0 spiro atoms. The maximum Gasteiger partial charge on any atom is 0.417 e. The molecule has 7 heteroatoms. The van der Waals surface area contributed by atoms with E-state index in [1.807, 2.05) is 4.90 Å². The molecule has 0 saturated carbocycles. The van der Waals surface area contributed by atoms with Crippen LogP contribution in [0.15, 0.2) is 36.5 Å². The van der Waals surface area contributed by atoms with Gasteiger partial charge < -0.3 is 14.7 Å². The van der Waals surface area contributed by atoms with E-state index in [0.29, 0.717) is 43.2 Å². The van der Waals surface area contributed by atoms with E-state index in [4.69, 9.17) is 4.74 Å². The van der Waals surface area contributed by atoms with Crippen LogP contribution in [0.25, 0.3) is 11.1 Å². The van der Waals surface area contributed by atoms with Gasteiger partial charge in [0.25, 0.3) is 0 Å². The number of ether oxygens (including phenoxy) is 1. The zero-order chi connectivity index (χ0) is 16.4. The molecule has 122 valence electrons. The molecule has 0 amide bonds. The summed E-state index contributed by atoms with van der Waals surface area (Å²) in [6.07, 6.45) is -3.60. The van der Waals surface area contributed by atoms with Gasteiger partial charge in [0.2, 0.25) is 0 Å². The topological polar surface area (TPSA) is 45.6 Å². The number of rotatable bonds is 2. The van der Waals surface area contributed by atoms with Crippen LogP contribution in [0.1, 0.15) is 5.56 Å².